The highest BCUT2D eigenvalue weighted by molar-refractivity contribution is 6.31. The van der Waals surface area contributed by atoms with Gasteiger partial charge < -0.3 is 15.5 Å². The number of carbonyl (C=O) groups is 2. The smallest absolute Gasteiger partial charge is 0.287 e. The molecule has 2 aromatic carbocycles. The molecule has 0 aliphatic carbocycles. The maximum Gasteiger partial charge on any atom is 0.287 e. The van der Waals surface area contributed by atoms with E-state index >= 15 is 0 Å². The molecule has 0 radical (unpaired) electrons. The summed E-state index contributed by atoms with van der Waals surface area (Å²) in [6, 6.07) is 14.5. The molecule has 3 N–H and O–H groups in total. The van der Waals surface area contributed by atoms with Gasteiger partial charge in [-0.3, -0.25) is 9.59 Å². The first-order valence-corrected chi connectivity index (χ1v) is 9.57. The Morgan fingerprint density at radius 2 is 1.81 bits per heavy atom. The Labute approximate surface area is 165 Å². The summed E-state index contributed by atoms with van der Waals surface area (Å²) >= 11 is 6.18. The second-order valence-electron chi connectivity index (χ2n) is 6.44. The number of carbonyl (C=O) groups excluding carboxylic acids is 2. The third-order valence-corrected chi connectivity index (χ3v) is 4.87. The van der Waals surface area contributed by atoms with E-state index in [2.05, 4.69) is 10.6 Å². The Hall–Kier alpha value is -2.37. The van der Waals surface area contributed by atoms with Gasteiger partial charge in [0.2, 0.25) is 0 Å². The molecule has 0 spiro atoms. The highest BCUT2D eigenvalue weighted by Gasteiger charge is 2.32. The van der Waals surface area contributed by atoms with Crippen molar-refractivity contribution in [1.82, 2.24) is 5.32 Å². The molecule has 5 nitrogen and oxygen atoms in total. The lowest BCUT2D eigenvalue weighted by molar-refractivity contribution is -0.912. The Kier molecular flexibility index (Phi) is 7.82. The third kappa shape index (κ3) is 5.81. The molecule has 0 heterocycles. The molecule has 0 fully saturated rings. The number of hydrogen-bond donors (Lipinski definition) is 3. The molecule has 6 heteroatoms. The maximum atomic E-state index is 13.1. The number of amides is 2. The number of likely N-dealkylation sites (N-methyl/N-ethyl adjacent to an activating group) is 2. The maximum absolute atomic E-state index is 13.1. The number of nitrogens with one attached hydrogen (secondary N) is 3. The molecule has 0 bridgehead atoms. The predicted molar refractivity (Wildman–Crippen MR) is 109 cm³/mol. The van der Waals surface area contributed by atoms with E-state index in [9.17, 15) is 9.59 Å². The van der Waals surface area contributed by atoms with Crippen LogP contribution in [0.15, 0.2) is 48.5 Å². The van der Waals surface area contributed by atoms with Crippen LogP contribution in [0.25, 0.3) is 0 Å². The third-order valence-electron chi connectivity index (χ3n) is 4.46. The average molecular weight is 389 g/mol. The van der Waals surface area contributed by atoms with E-state index in [1.54, 1.807) is 6.07 Å². The van der Waals surface area contributed by atoms with Gasteiger partial charge in [-0.05, 0) is 38.5 Å². The lowest BCUT2D eigenvalue weighted by Gasteiger charge is -2.26. The van der Waals surface area contributed by atoms with Crippen molar-refractivity contribution in [3.05, 3.63) is 64.7 Å². The minimum Gasteiger partial charge on any atom is -0.351 e. The highest BCUT2D eigenvalue weighted by Crippen LogP contribution is 2.21. The number of benzene rings is 2. The molecular weight excluding hydrogens is 362 g/mol. The predicted octanol–water partition coefficient (Wildman–Crippen LogP) is 2.37. The zero-order chi connectivity index (χ0) is 19.8. The summed E-state index contributed by atoms with van der Waals surface area (Å²) in [6.07, 6.45) is 0. The molecular formula is C21H27ClN3O2+. The zero-order valence-electron chi connectivity index (χ0n) is 16.0. The average Bonchev–Trinajstić information content (AvgIpc) is 2.65. The summed E-state index contributed by atoms with van der Waals surface area (Å²) in [5.41, 5.74) is 2.46. The van der Waals surface area contributed by atoms with Crippen LogP contribution < -0.4 is 15.5 Å². The van der Waals surface area contributed by atoms with Crippen LogP contribution in [0.3, 0.4) is 0 Å². The molecule has 0 aliphatic heterocycles. The van der Waals surface area contributed by atoms with E-state index in [1.807, 2.05) is 63.2 Å². The topological polar surface area (TPSA) is 62.6 Å². The minimum absolute atomic E-state index is 0.0681. The SMILES string of the molecule is CCNC(=O)C[NH+](CC)[C@H](C(=O)Nc1ccc(C)c(Cl)c1)c1ccccc1. The lowest BCUT2D eigenvalue weighted by atomic mass is 10.0. The summed E-state index contributed by atoms with van der Waals surface area (Å²) in [5.74, 6) is -0.233. The standard InChI is InChI=1S/C21H26ClN3O2/c1-4-23-19(26)14-25(5-2)20(16-9-7-6-8-10-16)21(27)24-17-12-11-15(3)18(22)13-17/h6-13,20H,4-5,14H2,1-3H3,(H,23,26)(H,24,27)/p+1/t20-/m0/s1. The van der Waals surface area contributed by atoms with Gasteiger partial charge in [0.05, 0.1) is 6.54 Å². The first kappa shape index (κ1) is 20.9. The molecule has 0 saturated heterocycles. The van der Waals surface area contributed by atoms with Crippen molar-refractivity contribution in [3.63, 3.8) is 0 Å². The van der Waals surface area contributed by atoms with E-state index in [0.29, 0.717) is 23.8 Å². The van der Waals surface area contributed by atoms with Crippen molar-refractivity contribution in [1.29, 1.82) is 0 Å². The van der Waals surface area contributed by atoms with Crippen molar-refractivity contribution in [3.8, 4) is 0 Å². The summed E-state index contributed by atoms with van der Waals surface area (Å²) in [7, 11) is 0. The number of quaternary nitrogens is 1. The first-order valence-electron chi connectivity index (χ1n) is 9.19. The van der Waals surface area contributed by atoms with E-state index in [0.717, 1.165) is 16.0 Å². The van der Waals surface area contributed by atoms with Crippen molar-refractivity contribution in [2.45, 2.75) is 26.8 Å². The van der Waals surface area contributed by atoms with Crippen LogP contribution in [0, 0.1) is 6.92 Å². The number of halogens is 1. The van der Waals surface area contributed by atoms with Crippen LogP contribution in [-0.4, -0.2) is 31.4 Å². The van der Waals surface area contributed by atoms with Gasteiger partial charge in [0.1, 0.15) is 0 Å². The fraction of sp³-hybridized carbons (Fsp3) is 0.333. The van der Waals surface area contributed by atoms with E-state index in [1.165, 1.54) is 0 Å². The fourth-order valence-electron chi connectivity index (χ4n) is 3.00. The Morgan fingerprint density at radius 1 is 1.11 bits per heavy atom. The molecule has 0 aromatic heterocycles. The van der Waals surface area contributed by atoms with Crippen molar-refractivity contribution in [2.75, 3.05) is 25.0 Å². The number of rotatable bonds is 8. The normalized spacial score (nSPS) is 12.9. The van der Waals surface area contributed by atoms with E-state index < -0.39 is 6.04 Å². The summed E-state index contributed by atoms with van der Waals surface area (Å²) in [5, 5.41) is 6.37. The highest BCUT2D eigenvalue weighted by atomic mass is 35.5. The molecule has 2 amide bonds. The van der Waals surface area contributed by atoms with E-state index in [-0.39, 0.29) is 18.4 Å². The number of hydrogen-bond acceptors (Lipinski definition) is 2. The van der Waals surface area contributed by atoms with Crippen LogP contribution in [-0.2, 0) is 9.59 Å². The van der Waals surface area contributed by atoms with Crippen molar-refractivity contribution >= 4 is 29.1 Å². The molecule has 27 heavy (non-hydrogen) atoms. The lowest BCUT2D eigenvalue weighted by Crippen LogP contribution is -3.14. The van der Waals surface area contributed by atoms with Gasteiger partial charge in [-0.25, -0.2) is 0 Å². The van der Waals surface area contributed by atoms with Gasteiger partial charge in [0.25, 0.3) is 11.8 Å². The molecule has 144 valence electrons. The van der Waals surface area contributed by atoms with Crippen molar-refractivity contribution in [2.24, 2.45) is 0 Å². The Balaban J connectivity index is 2.29. The second-order valence-corrected chi connectivity index (χ2v) is 6.85. The van der Waals surface area contributed by atoms with Crippen molar-refractivity contribution < 1.29 is 14.5 Å². The summed E-state index contributed by atoms with van der Waals surface area (Å²) in [6.45, 7) is 7.20. The van der Waals surface area contributed by atoms with Crippen LogP contribution in [0.4, 0.5) is 5.69 Å². The largest absolute Gasteiger partial charge is 0.351 e. The Morgan fingerprint density at radius 3 is 2.41 bits per heavy atom. The molecule has 1 unspecified atom stereocenters. The minimum atomic E-state index is -0.501. The van der Waals surface area contributed by atoms with Crippen LogP contribution >= 0.6 is 11.6 Å². The zero-order valence-corrected chi connectivity index (χ0v) is 16.8. The van der Waals surface area contributed by atoms with Gasteiger partial charge in [-0.2, -0.15) is 0 Å². The molecule has 2 rings (SSSR count). The molecule has 0 aliphatic rings. The molecule has 2 aromatic rings. The number of aryl methyl sites for hydroxylation is 1. The van der Waals surface area contributed by atoms with Crippen LogP contribution in [0.1, 0.15) is 31.0 Å². The van der Waals surface area contributed by atoms with Crippen LogP contribution in [0.2, 0.25) is 5.02 Å². The first-order chi connectivity index (χ1) is 13.0. The van der Waals surface area contributed by atoms with Gasteiger partial charge in [-0.1, -0.05) is 48.0 Å². The van der Waals surface area contributed by atoms with Gasteiger partial charge in [0, 0.05) is 22.8 Å². The molecule has 2 atom stereocenters. The van der Waals surface area contributed by atoms with Gasteiger partial charge in [-0.15, -0.1) is 0 Å². The quantitative estimate of drug-likeness (QED) is 0.650. The number of anilines is 1. The van der Waals surface area contributed by atoms with E-state index in [4.69, 9.17) is 11.6 Å². The van der Waals surface area contributed by atoms with Gasteiger partial charge >= 0.3 is 0 Å². The van der Waals surface area contributed by atoms with Gasteiger partial charge in [0.15, 0.2) is 12.6 Å². The Bertz CT molecular complexity index is 780. The molecule has 0 saturated carbocycles. The van der Waals surface area contributed by atoms with Crippen LogP contribution in [0.5, 0.6) is 0 Å². The second kappa shape index (κ2) is 10.1. The monoisotopic (exact) mass is 388 g/mol. The summed E-state index contributed by atoms with van der Waals surface area (Å²) in [4.78, 5) is 26.2. The summed E-state index contributed by atoms with van der Waals surface area (Å²) < 4.78 is 0. The fourth-order valence-corrected chi connectivity index (χ4v) is 3.18.